The van der Waals surface area contributed by atoms with Crippen molar-refractivity contribution in [3.63, 3.8) is 0 Å². The van der Waals surface area contributed by atoms with E-state index >= 15 is 0 Å². The smallest absolute Gasteiger partial charge is 0.351 e. The first-order valence-electron chi connectivity index (χ1n) is 4.99. The molecule has 86 valence electrons. The van der Waals surface area contributed by atoms with Crippen LogP contribution >= 0.6 is 11.6 Å². The summed E-state index contributed by atoms with van der Waals surface area (Å²) in [5.41, 5.74) is 1.37. The van der Waals surface area contributed by atoms with Gasteiger partial charge in [0.15, 0.2) is 0 Å². The largest absolute Gasteiger partial charge is 0.477 e. The van der Waals surface area contributed by atoms with Gasteiger partial charge >= 0.3 is 5.97 Å². The molecule has 0 aliphatic rings. The highest BCUT2D eigenvalue weighted by Gasteiger charge is 2.02. The first-order chi connectivity index (χ1) is 7.63. The minimum absolute atomic E-state index is 0.231. The van der Waals surface area contributed by atoms with E-state index in [0.29, 0.717) is 11.4 Å². The van der Waals surface area contributed by atoms with E-state index in [9.17, 15) is 4.79 Å². The van der Waals surface area contributed by atoms with Gasteiger partial charge in [-0.1, -0.05) is 29.8 Å². The number of carboxylic acids is 1. The van der Waals surface area contributed by atoms with Crippen LogP contribution in [0.3, 0.4) is 0 Å². The van der Waals surface area contributed by atoms with Crippen LogP contribution in [0.5, 0.6) is 0 Å². The van der Waals surface area contributed by atoms with Crippen LogP contribution in [0.25, 0.3) is 0 Å². The third-order valence-corrected chi connectivity index (χ3v) is 2.45. The molecule has 0 amide bonds. The van der Waals surface area contributed by atoms with Crippen LogP contribution in [0.15, 0.2) is 36.0 Å². The van der Waals surface area contributed by atoms with Crippen molar-refractivity contribution in [3.8, 4) is 0 Å². The quantitative estimate of drug-likeness (QED) is 0.776. The normalized spacial score (nSPS) is 11.2. The summed E-state index contributed by atoms with van der Waals surface area (Å²) in [7, 11) is 1.60. The van der Waals surface area contributed by atoms with E-state index in [1.807, 2.05) is 24.3 Å². The number of rotatable bonds is 5. The first kappa shape index (κ1) is 12.6. The topological polar surface area (TPSA) is 49.3 Å². The predicted octanol–water partition coefficient (Wildman–Crippen LogP) is 2.46. The molecular formula is C12H14ClNO2. The second-order valence-corrected chi connectivity index (χ2v) is 3.77. The van der Waals surface area contributed by atoms with Gasteiger partial charge in [-0.2, -0.15) is 0 Å². The maximum atomic E-state index is 10.7. The van der Waals surface area contributed by atoms with E-state index in [1.54, 1.807) is 13.1 Å². The fourth-order valence-corrected chi connectivity index (χ4v) is 1.46. The highest BCUT2D eigenvalue weighted by molar-refractivity contribution is 6.30. The van der Waals surface area contributed by atoms with Crippen LogP contribution in [0.4, 0.5) is 0 Å². The fraction of sp³-hybridized carbons (Fsp3) is 0.250. The summed E-state index contributed by atoms with van der Waals surface area (Å²) >= 11 is 5.76. The van der Waals surface area contributed by atoms with Gasteiger partial charge < -0.3 is 10.4 Å². The zero-order valence-corrected chi connectivity index (χ0v) is 9.79. The van der Waals surface area contributed by atoms with Crippen molar-refractivity contribution in [2.45, 2.75) is 12.8 Å². The van der Waals surface area contributed by atoms with E-state index in [2.05, 4.69) is 5.32 Å². The van der Waals surface area contributed by atoms with Gasteiger partial charge in [-0.3, -0.25) is 0 Å². The fourth-order valence-electron chi connectivity index (χ4n) is 1.33. The molecule has 3 nitrogen and oxygen atoms in total. The van der Waals surface area contributed by atoms with Crippen molar-refractivity contribution in [1.29, 1.82) is 0 Å². The summed E-state index contributed by atoms with van der Waals surface area (Å²) in [6.07, 6.45) is 3.16. The average Bonchev–Trinajstić information content (AvgIpc) is 2.26. The van der Waals surface area contributed by atoms with Crippen LogP contribution in [-0.2, 0) is 11.2 Å². The Balaban J connectivity index is 2.52. The highest BCUT2D eigenvalue weighted by Crippen LogP contribution is 2.11. The SMILES string of the molecule is CNC(=CCCc1ccc(Cl)cc1)C(=O)O. The molecule has 0 spiro atoms. The van der Waals surface area contributed by atoms with E-state index < -0.39 is 5.97 Å². The lowest BCUT2D eigenvalue weighted by atomic mass is 10.1. The molecule has 2 N–H and O–H groups in total. The number of allylic oxidation sites excluding steroid dienone is 1. The summed E-state index contributed by atoms with van der Waals surface area (Å²) in [4.78, 5) is 10.7. The molecule has 4 heteroatoms. The van der Waals surface area contributed by atoms with E-state index in [1.165, 1.54) is 0 Å². The Kier molecular flexibility index (Phi) is 4.86. The molecule has 0 aliphatic carbocycles. The Bertz CT molecular complexity index is 385. The van der Waals surface area contributed by atoms with Crippen LogP contribution in [-0.4, -0.2) is 18.1 Å². The van der Waals surface area contributed by atoms with Crippen molar-refractivity contribution in [3.05, 3.63) is 46.6 Å². The van der Waals surface area contributed by atoms with Crippen LogP contribution < -0.4 is 5.32 Å². The Morgan fingerprint density at radius 3 is 2.56 bits per heavy atom. The Morgan fingerprint density at radius 2 is 2.06 bits per heavy atom. The molecule has 0 saturated carbocycles. The zero-order valence-electron chi connectivity index (χ0n) is 9.03. The maximum Gasteiger partial charge on any atom is 0.351 e. The summed E-state index contributed by atoms with van der Waals surface area (Å²) in [6.45, 7) is 0. The van der Waals surface area contributed by atoms with Gasteiger partial charge in [-0.05, 0) is 30.5 Å². The van der Waals surface area contributed by atoms with E-state index in [4.69, 9.17) is 16.7 Å². The van der Waals surface area contributed by atoms with Gasteiger partial charge in [0.1, 0.15) is 5.70 Å². The number of carboxylic acid groups (broad SMARTS) is 1. The first-order valence-corrected chi connectivity index (χ1v) is 5.37. The van der Waals surface area contributed by atoms with Gasteiger partial charge in [0.05, 0.1) is 0 Å². The van der Waals surface area contributed by atoms with Gasteiger partial charge in [0, 0.05) is 12.1 Å². The van der Waals surface area contributed by atoms with Crippen molar-refractivity contribution >= 4 is 17.6 Å². The number of benzene rings is 1. The standard InChI is InChI=1S/C12H14ClNO2/c1-14-11(12(15)16)4-2-3-9-5-7-10(13)8-6-9/h4-8,14H,2-3H2,1H3,(H,15,16). The summed E-state index contributed by atoms with van der Waals surface area (Å²) in [5, 5.41) is 12.1. The zero-order chi connectivity index (χ0) is 12.0. The number of nitrogens with one attached hydrogen (secondary N) is 1. The van der Waals surface area contributed by atoms with Crippen molar-refractivity contribution in [2.24, 2.45) is 0 Å². The second-order valence-electron chi connectivity index (χ2n) is 3.34. The number of hydrogen-bond donors (Lipinski definition) is 2. The molecular weight excluding hydrogens is 226 g/mol. The van der Waals surface area contributed by atoms with Crippen LogP contribution in [0, 0.1) is 0 Å². The summed E-state index contributed by atoms with van der Waals surface area (Å²) < 4.78 is 0. The lowest BCUT2D eigenvalue weighted by molar-refractivity contribution is -0.133. The van der Waals surface area contributed by atoms with Crippen molar-refractivity contribution in [1.82, 2.24) is 5.32 Å². The average molecular weight is 240 g/mol. The maximum absolute atomic E-state index is 10.7. The molecule has 0 radical (unpaired) electrons. The number of aryl methyl sites for hydroxylation is 1. The highest BCUT2D eigenvalue weighted by atomic mass is 35.5. The molecule has 0 saturated heterocycles. The van der Waals surface area contributed by atoms with Crippen molar-refractivity contribution in [2.75, 3.05) is 7.05 Å². The number of halogens is 1. The number of carbonyl (C=O) groups is 1. The molecule has 0 aliphatic heterocycles. The van der Waals surface area contributed by atoms with Gasteiger partial charge in [0.25, 0.3) is 0 Å². The van der Waals surface area contributed by atoms with Crippen molar-refractivity contribution < 1.29 is 9.90 Å². The molecule has 0 heterocycles. The number of likely N-dealkylation sites (N-methyl/N-ethyl adjacent to an activating group) is 1. The molecule has 0 fully saturated rings. The molecule has 1 aromatic rings. The van der Waals surface area contributed by atoms with Gasteiger partial charge in [-0.25, -0.2) is 4.79 Å². The predicted molar refractivity (Wildman–Crippen MR) is 64.6 cm³/mol. The second kappa shape index (κ2) is 6.18. The summed E-state index contributed by atoms with van der Waals surface area (Å²) in [5.74, 6) is -0.932. The van der Waals surface area contributed by atoms with Gasteiger partial charge in [0.2, 0.25) is 0 Å². The minimum Gasteiger partial charge on any atom is -0.477 e. The minimum atomic E-state index is -0.932. The molecule has 0 bridgehead atoms. The van der Waals surface area contributed by atoms with Gasteiger partial charge in [-0.15, -0.1) is 0 Å². The third kappa shape index (κ3) is 3.95. The molecule has 0 unspecified atom stereocenters. The Morgan fingerprint density at radius 1 is 1.44 bits per heavy atom. The molecule has 0 aromatic heterocycles. The van der Waals surface area contributed by atoms with Crippen LogP contribution in [0.1, 0.15) is 12.0 Å². The molecule has 0 atom stereocenters. The number of aliphatic carboxylic acids is 1. The monoisotopic (exact) mass is 239 g/mol. The Hall–Kier alpha value is -1.48. The number of hydrogen-bond acceptors (Lipinski definition) is 2. The molecule has 1 aromatic carbocycles. The summed E-state index contributed by atoms with van der Waals surface area (Å²) in [6, 6.07) is 7.54. The molecule has 16 heavy (non-hydrogen) atoms. The van der Waals surface area contributed by atoms with E-state index in [0.717, 1.165) is 12.0 Å². The Labute approximate surface area is 99.7 Å². The lowest BCUT2D eigenvalue weighted by Gasteiger charge is -2.01. The lowest BCUT2D eigenvalue weighted by Crippen LogP contribution is -2.15. The third-order valence-electron chi connectivity index (χ3n) is 2.19. The molecule has 1 rings (SSSR count). The van der Waals surface area contributed by atoms with E-state index in [-0.39, 0.29) is 5.70 Å². The van der Waals surface area contributed by atoms with Crippen LogP contribution in [0.2, 0.25) is 5.02 Å².